The Morgan fingerprint density at radius 3 is 2.26 bits per heavy atom. The minimum absolute atomic E-state index is 0.0909. The number of nitrogens with zero attached hydrogens (tertiary/aromatic N) is 1. The molecule has 0 radical (unpaired) electrons. The molecule has 1 aliphatic heterocycles. The van der Waals surface area contributed by atoms with Crippen LogP contribution >= 0.6 is 15.9 Å². The van der Waals surface area contributed by atoms with Gasteiger partial charge in [0, 0.05) is 4.47 Å². The number of carbonyl (C=O) groups excluding carboxylic acids is 2. The molecule has 1 heterocycles. The van der Waals surface area contributed by atoms with Crippen LogP contribution in [0, 0.1) is 0 Å². The van der Waals surface area contributed by atoms with E-state index in [1.165, 1.54) is 5.56 Å². The average Bonchev–Trinajstić information content (AvgIpc) is 2.73. The van der Waals surface area contributed by atoms with Gasteiger partial charge < -0.3 is 0 Å². The van der Waals surface area contributed by atoms with E-state index in [0.29, 0.717) is 17.8 Å². The topological polar surface area (TPSA) is 37.4 Å². The molecule has 4 heteroatoms. The third-order valence-corrected chi connectivity index (χ3v) is 4.74. The largest absolute Gasteiger partial charge is 0.299 e. The van der Waals surface area contributed by atoms with Gasteiger partial charge in [0.25, 0.3) is 11.7 Å². The van der Waals surface area contributed by atoms with Gasteiger partial charge in [-0.2, -0.15) is 0 Å². The van der Waals surface area contributed by atoms with Gasteiger partial charge >= 0.3 is 0 Å². The van der Waals surface area contributed by atoms with Gasteiger partial charge in [-0.15, -0.1) is 0 Å². The minimum Gasteiger partial charge on any atom is -0.299 e. The number of benzene rings is 2. The normalized spacial score (nSPS) is 14.3. The van der Waals surface area contributed by atoms with E-state index in [0.717, 1.165) is 10.0 Å². The Kier molecular flexibility index (Phi) is 3.88. The molecular weight excluding hydrogens is 354 g/mol. The summed E-state index contributed by atoms with van der Waals surface area (Å²) in [5.74, 6) is -0.903. The van der Waals surface area contributed by atoms with Crippen molar-refractivity contribution < 1.29 is 9.59 Å². The van der Waals surface area contributed by atoms with Crippen LogP contribution < -0.4 is 4.90 Å². The summed E-state index contributed by atoms with van der Waals surface area (Å²) in [5, 5.41) is 0. The number of hydrogen-bond donors (Lipinski definition) is 0. The van der Waals surface area contributed by atoms with Crippen LogP contribution in [0.15, 0.2) is 46.9 Å². The molecule has 1 aliphatic rings. The number of Topliss-reactive ketones (excluding diaryl/α,β-unsaturated/α-hetero) is 1. The van der Waals surface area contributed by atoms with Crippen molar-refractivity contribution in [3.8, 4) is 0 Å². The summed E-state index contributed by atoms with van der Waals surface area (Å²) in [7, 11) is 0. The van der Waals surface area contributed by atoms with Gasteiger partial charge in [0.1, 0.15) is 0 Å². The van der Waals surface area contributed by atoms with Gasteiger partial charge in [0.15, 0.2) is 0 Å². The maximum atomic E-state index is 12.3. The van der Waals surface area contributed by atoms with E-state index in [1.807, 2.05) is 18.2 Å². The molecule has 0 spiro atoms. The average molecular weight is 372 g/mol. The van der Waals surface area contributed by atoms with Crippen LogP contribution in [0.4, 0.5) is 5.69 Å². The molecule has 0 atom stereocenters. The monoisotopic (exact) mass is 371 g/mol. The Morgan fingerprint density at radius 1 is 1.00 bits per heavy atom. The predicted octanol–water partition coefficient (Wildman–Crippen LogP) is 4.48. The quantitative estimate of drug-likeness (QED) is 0.730. The van der Waals surface area contributed by atoms with E-state index in [-0.39, 0.29) is 5.41 Å². The first-order chi connectivity index (χ1) is 10.8. The summed E-state index contributed by atoms with van der Waals surface area (Å²) in [5.41, 5.74) is 3.47. The second-order valence-corrected chi connectivity index (χ2v) is 7.66. The molecule has 2 aromatic carbocycles. The smallest absolute Gasteiger partial charge is 0.299 e. The van der Waals surface area contributed by atoms with Gasteiger partial charge in [0.2, 0.25) is 0 Å². The van der Waals surface area contributed by atoms with Crippen molar-refractivity contribution in [3.05, 3.63) is 63.6 Å². The number of halogens is 1. The van der Waals surface area contributed by atoms with Crippen molar-refractivity contribution in [3.63, 3.8) is 0 Å². The van der Waals surface area contributed by atoms with E-state index in [4.69, 9.17) is 0 Å². The highest BCUT2D eigenvalue weighted by Gasteiger charge is 2.37. The molecule has 0 fully saturated rings. The van der Waals surface area contributed by atoms with Gasteiger partial charge in [-0.05, 0) is 44.6 Å². The van der Waals surface area contributed by atoms with E-state index in [1.54, 1.807) is 17.0 Å². The Bertz CT molecular complexity index is 788. The SMILES string of the molecule is CC(C)(C)c1ccc(CN2C(=O)C(=O)c3cccc(Br)c32)cc1. The van der Waals surface area contributed by atoms with Crippen LogP contribution in [0.2, 0.25) is 0 Å². The molecule has 0 N–H and O–H groups in total. The predicted molar refractivity (Wildman–Crippen MR) is 94.8 cm³/mol. The maximum absolute atomic E-state index is 12.3. The molecular formula is C19H18BrNO2. The molecule has 118 valence electrons. The number of hydrogen-bond acceptors (Lipinski definition) is 2. The van der Waals surface area contributed by atoms with Crippen molar-refractivity contribution in [2.45, 2.75) is 32.7 Å². The summed E-state index contributed by atoms with van der Waals surface area (Å²) in [6.45, 7) is 6.89. The zero-order valence-corrected chi connectivity index (χ0v) is 15.0. The summed E-state index contributed by atoms with van der Waals surface area (Å²) >= 11 is 3.45. The fourth-order valence-corrected chi connectivity index (χ4v) is 3.34. The third kappa shape index (κ3) is 2.83. The fraction of sp³-hybridized carbons (Fsp3) is 0.263. The van der Waals surface area contributed by atoms with Crippen LogP contribution in [0.3, 0.4) is 0 Å². The number of para-hydroxylation sites is 1. The molecule has 0 saturated carbocycles. The Hall–Kier alpha value is -1.94. The maximum Gasteiger partial charge on any atom is 0.299 e. The Balaban J connectivity index is 1.92. The zero-order chi connectivity index (χ0) is 16.8. The van der Waals surface area contributed by atoms with Crippen LogP contribution in [0.1, 0.15) is 42.3 Å². The lowest BCUT2D eigenvalue weighted by molar-refractivity contribution is -0.114. The summed E-state index contributed by atoms with van der Waals surface area (Å²) < 4.78 is 0.764. The lowest BCUT2D eigenvalue weighted by Gasteiger charge is -2.21. The summed E-state index contributed by atoms with van der Waals surface area (Å²) in [6.07, 6.45) is 0. The number of carbonyl (C=O) groups is 2. The van der Waals surface area contributed by atoms with Crippen LogP contribution in [-0.2, 0) is 16.8 Å². The number of anilines is 1. The first-order valence-electron chi connectivity index (χ1n) is 7.53. The molecule has 3 rings (SSSR count). The summed E-state index contributed by atoms with van der Waals surface area (Å²) in [4.78, 5) is 26.0. The minimum atomic E-state index is -0.466. The van der Waals surface area contributed by atoms with E-state index in [9.17, 15) is 9.59 Å². The highest BCUT2D eigenvalue weighted by atomic mass is 79.9. The number of ketones is 1. The van der Waals surface area contributed by atoms with Gasteiger partial charge in [-0.1, -0.05) is 51.1 Å². The Morgan fingerprint density at radius 2 is 1.65 bits per heavy atom. The lowest BCUT2D eigenvalue weighted by atomic mass is 9.87. The van der Waals surface area contributed by atoms with Gasteiger partial charge in [-0.3, -0.25) is 14.5 Å². The number of fused-ring (bicyclic) bond motifs is 1. The standard InChI is InChI=1S/C19H18BrNO2/c1-19(2,3)13-9-7-12(8-10-13)11-21-16-14(17(22)18(21)23)5-4-6-15(16)20/h4-10H,11H2,1-3H3. The van der Waals surface area contributed by atoms with E-state index in [2.05, 4.69) is 48.8 Å². The van der Waals surface area contributed by atoms with Crippen molar-refractivity contribution in [2.75, 3.05) is 4.90 Å². The fourth-order valence-electron chi connectivity index (χ4n) is 2.76. The molecule has 23 heavy (non-hydrogen) atoms. The second kappa shape index (κ2) is 5.60. The number of amides is 1. The molecule has 0 unspecified atom stereocenters. The zero-order valence-electron chi connectivity index (χ0n) is 13.4. The van der Waals surface area contributed by atoms with Gasteiger partial charge in [0.05, 0.1) is 17.8 Å². The highest BCUT2D eigenvalue weighted by molar-refractivity contribution is 9.10. The number of rotatable bonds is 2. The molecule has 0 bridgehead atoms. The van der Waals surface area contributed by atoms with Crippen molar-refractivity contribution >= 4 is 33.3 Å². The molecule has 1 amide bonds. The van der Waals surface area contributed by atoms with Crippen molar-refractivity contribution in [1.29, 1.82) is 0 Å². The van der Waals surface area contributed by atoms with Crippen molar-refractivity contribution in [2.24, 2.45) is 0 Å². The molecule has 0 saturated heterocycles. The first-order valence-corrected chi connectivity index (χ1v) is 8.32. The summed E-state index contributed by atoms with van der Waals surface area (Å²) in [6, 6.07) is 13.5. The van der Waals surface area contributed by atoms with Crippen LogP contribution in [-0.4, -0.2) is 11.7 Å². The first kappa shape index (κ1) is 15.9. The van der Waals surface area contributed by atoms with Crippen LogP contribution in [0.5, 0.6) is 0 Å². The molecule has 0 aliphatic carbocycles. The second-order valence-electron chi connectivity index (χ2n) is 6.80. The highest BCUT2D eigenvalue weighted by Crippen LogP contribution is 2.37. The van der Waals surface area contributed by atoms with Crippen molar-refractivity contribution in [1.82, 2.24) is 0 Å². The Labute approximate surface area is 144 Å². The molecule has 3 nitrogen and oxygen atoms in total. The van der Waals surface area contributed by atoms with Crippen LogP contribution in [0.25, 0.3) is 0 Å². The lowest BCUT2D eigenvalue weighted by Crippen LogP contribution is -2.29. The van der Waals surface area contributed by atoms with E-state index >= 15 is 0 Å². The molecule has 2 aromatic rings. The third-order valence-electron chi connectivity index (χ3n) is 4.10. The van der Waals surface area contributed by atoms with E-state index < -0.39 is 11.7 Å². The molecule has 0 aromatic heterocycles. The van der Waals surface area contributed by atoms with Gasteiger partial charge in [-0.25, -0.2) is 0 Å².